The lowest BCUT2D eigenvalue weighted by molar-refractivity contribution is -0.144. The molecule has 172 valence electrons. The standard InChI is InChI=1S/C21H42NO6P/c1-2-3-4-5-6-7-8-9-10-11-12-13-14-15-16-17-21(23)27-18-20(22)19-28-29(24,25)26/h9-10,20H,2-8,11-19,22H2,1H3,(H2,24,25,26)/b10-9-/t20-/m1/s1. The molecule has 7 nitrogen and oxygen atoms in total. The maximum absolute atomic E-state index is 11.6. The van der Waals surface area contributed by atoms with E-state index in [2.05, 4.69) is 23.6 Å². The minimum absolute atomic E-state index is 0.107. The second kappa shape index (κ2) is 19.3. The van der Waals surface area contributed by atoms with Crippen LogP contribution in [-0.4, -0.2) is 35.0 Å². The summed E-state index contributed by atoms with van der Waals surface area (Å²) in [4.78, 5) is 28.7. The number of hydrogen-bond acceptors (Lipinski definition) is 5. The molecule has 1 atom stereocenters. The van der Waals surface area contributed by atoms with Gasteiger partial charge in [0.1, 0.15) is 6.61 Å². The highest BCUT2D eigenvalue weighted by Gasteiger charge is 2.17. The van der Waals surface area contributed by atoms with E-state index in [0.717, 1.165) is 25.7 Å². The number of phosphoric ester groups is 1. The maximum Gasteiger partial charge on any atom is 0.469 e. The molecule has 0 rings (SSSR count). The molecule has 0 aliphatic heterocycles. The number of hydrogen-bond donors (Lipinski definition) is 3. The molecule has 4 N–H and O–H groups in total. The lowest BCUT2D eigenvalue weighted by atomic mass is 10.1. The lowest BCUT2D eigenvalue weighted by Gasteiger charge is -2.13. The molecule has 0 aromatic heterocycles. The van der Waals surface area contributed by atoms with Crippen molar-refractivity contribution in [2.45, 2.75) is 103 Å². The van der Waals surface area contributed by atoms with Gasteiger partial charge in [-0.2, -0.15) is 0 Å². The van der Waals surface area contributed by atoms with E-state index >= 15 is 0 Å². The third kappa shape index (κ3) is 23.4. The fourth-order valence-corrected chi connectivity index (χ4v) is 3.24. The zero-order chi connectivity index (χ0) is 21.8. The van der Waals surface area contributed by atoms with E-state index in [4.69, 9.17) is 20.3 Å². The molecule has 0 saturated heterocycles. The molecule has 0 unspecified atom stereocenters. The van der Waals surface area contributed by atoms with Gasteiger partial charge in [-0.1, -0.05) is 70.4 Å². The number of allylic oxidation sites excluding steroid dienone is 2. The number of carbonyl (C=O) groups excluding carboxylic acids is 1. The van der Waals surface area contributed by atoms with Crippen LogP contribution in [0.15, 0.2) is 12.2 Å². The third-order valence-corrected chi connectivity index (χ3v) is 5.04. The summed E-state index contributed by atoms with van der Waals surface area (Å²) >= 11 is 0. The number of rotatable bonds is 20. The number of esters is 1. The van der Waals surface area contributed by atoms with Crippen molar-refractivity contribution < 1.29 is 28.4 Å². The number of unbranched alkanes of at least 4 members (excludes halogenated alkanes) is 11. The molecule has 0 saturated carbocycles. The Kier molecular flexibility index (Phi) is 18.8. The first-order chi connectivity index (χ1) is 13.8. The van der Waals surface area contributed by atoms with E-state index < -0.39 is 13.9 Å². The van der Waals surface area contributed by atoms with Crippen LogP contribution in [0.5, 0.6) is 0 Å². The van der Waals surface area contributed by atoms with Gasteiger partial charge in [-0.05, 0) is 32.1 Å². The maximum atomic E-state index is 11.6. The quantitative estimate of drug-likeness (QED) is 0.106. The summed E-state index contributed by atoms with van der Waals surface area (Å²) in [6.45, 7) is 1.78. The summed E-state index contributed by atoms with van der Waals surface area (Å²) in [5, 5.41) is 0. The highest BCUT2D eigenvalue weighted by molar-refractivity contribution is 7.46. The van der Waals surface area contributed by atoms with Crippen LogP contribution >= 0.6 is 7.82 Å². The molecule has 0 amide bonds. The van der Waals surface area contributed by atoms with Crippen LogP contribution in [0.1, 0.15) is 96.8 Å². The van der Waals surface area contributed by atoms with Gasteiger partial charge in [-0.25, -0.2) is 4.57 Å². The molecule has 0 spiro atoms. The van der Waals surface area contributed by atoms with E-state index in [-0.39, 0.29) is 19.2 Å². The minimum Gasteiger partial charge on any atom is -0.464 e. The Labute approximate surface area is 176 Å². The number of ether oxygens (including phenoxy) is 1. The summed E-state index contributed by atoms with van der Waals surface area (Å²) in [5.74, 6) is -0.339. The SMILES string of the molecule is CCCCCCCC/C=C\CCCCCCCC(=O)OC[C@@H](N)COP(=O)(O)O. The average Bonchev–Trinajstić information content (AvgIpc) is 2.67. The number of carbonyl (C=O) groups is 1. The van der Waals surface area contributed by atoms with Gasteiger partial charge < -0.3 is 20.3 Å². The molecule has 0 aromatic rings. The number of nitrogens with two attached hydrogens (primary N) is 1. The molecular weight excluding hydrogens is 393 g/mol. The van der Waals surface area contributed by atoms with Crippen LogP contribution < -0.4 is 5.73 Å². The van der Waals surface area contributed by atoms with Crippen molar-refractivity contribution in [2.75, 3.05) is 13.2 Å². The molecule has 29 heavy (non-hydrogen) atoms. The van der Waals surface area contributed by atoms with Gasteiger partial charge in [0.05, 0.1) is 12.6 Å². The van der Waals surface area contributed by atoms with E-state index in [1.807, 2.05) is 0 Å². The first-order valence-corrected chi connectivity index (χ1v) is 12.6. The van der Waals surface area contributed by atoms with Gasteiger partial charge in [-0.3, -0.25) is 9.32 Å². The van der Waals surface area contributed by atoms with Crippen LogP contribution in [-0.2, 0) is 18.6 Å². The summed E-state index contributed by atoms with van der Waals surface area (Å²) in [6, 6.07) is -0.749. The summed E-state index contributed by atoms with van der Waals surface area (Å²) in [5.41, 5.74) is 5.56. The Morgan fingerprint density at radius 3 is 1.97 bits per heavy atom. The van der Waals surface area contributed by atoms with Crippen LogP contribution in [0.25, 0.3) is 0 Å². The zero-order valence-corrected chi connectivity index (χ0v) is 19.0. The van der Waals surface area contributed by atoms with E-state index in [0.29, 0.717) is 6.42 Å². The van der Waals surface area contributed by atoms with Gasteiger partial charge in [0.2, 0.25) is 0 Å². The van der Waals surface area contributed by atoms with Crippen molar-refractivity contribution in [2.24, 2.45) is 5.73 Å². The van der Waals surface area contributed by atoms with Crippen molar-refractivity contribution in [3.8, 4) is 0 Å². The Bertz CT molecular complexity index is 466. The van der Waals surface area contributed by atoms with Crippen molar-refractivity contribution in [1.29, 1.82) is 0 Å². The molecule has 0 fully saturated rings. The largest absolute Gasteiger partial charge is 0.469 e. The second-order valence-electron chi connectivity index (χ2n) is 7.56. The van der Waals surface area contributed by atoms with Crippen LogP contribution in [0, 0.1) is 0 Å². The molecule has 8 heteroatoms. The Morgan fingerprint density at radius 2 is 1.41 bits per heavy atom. The first-order valence-electron chi connectivity index (χ1n) is 11.1. The van der Waals surface area contributed by atoms with Crippen LogP contribution in [0.3, 0.4) is 0 Å². The minimum atomic E-state index is -4.54. The molecule has 0 aromatic carbocycles. The smallest absolute Gasteiger partial charge is 0.464 e. The first kappa shape index (κ1) is 28.3. The predicted octanol–water partition coefficient (Wildman–Crippen LogP) is 5.00. The summed E-state index contributed by atoms with van der Waals surface area (Å²) < 4.78 is 19.8. The Balaban J connectivity index is 3.38. The third-order valence-electron chi connectivity index (χ3n) is 4.56. The molecular formula is C21H42NO6P. The van der Waals surface area contributed by atoms with Gasteiger partial charge >= 0.3 is 13.8 Å². The fraction of sp³-hybridized carbons (Fsp3) is 0.857. The van der Waals surface area contributed by atoms with Gasteiger partial charge in [0, 0.05) is 6.42 Å². The Morgan fingerprint density at radius 1 is 0.897 bits per heavy atom. The second-order valence-corrected chi connectivity index (χ2v) is 8.80. The fourth-order valence-electron chi connectivity index (χ4n) is 2.85. The van der Waals surface area contributed by atoms with Crippen molar-refractivity contribution in [3.63, 3.8) is 0 Å². The highest BCUT2D eigenvalue weighted by Crippen LogP contribution is 2.35. The highest BCUT2D eigenvalue weighted by atomic mass is 31.2. The van der Waals surface area contributed by atoms with E-state index in [1.165, 1.54) is 57.8 Å². The molecule has 0 aliphatic rings. The molecule has 0 aliphatic carbocycles. The molecule has 0 bridgehead atoms. The van der Waals surface area contributed by atoms with Crippen molar-refractivity contribution >= 4 is 13.8 Å². The van der Waals surface area contributed by atoms with Crippen LogP contribution in [0.2, 0.25) is 0 Å². The monoisotopic (exact) mass is 435 g/mol. The van der Waals surface area contributed by atoms with E-state index in [1.54, 1.807) is 0 Å². The molecule has 0 radical (unpaired) electrons. The van der Waals surface area contributed by atoms with Crippen LogP contribution in [0.4, 0.5) is 0 Å². The van der Waals surface area contributed by atoms with Gasteiger partial charge in [-0.15, -0.1) is 0 Å². The zero-order valence-electron chi connectivity index (χ0n) is 18.1. The lowest BCUT2D eigenvalue weighted by Crippen LogP contribution is -2.32. The molecule has 0 heterocycles. The normalized spacial score (nSPS) is 13.1. The average molecular weight is 436 g/mol. The van der Waals surface area contributed by atoms with Gasteiger partial charge in [0.15, 0.2) is 0 Å². The van der Waals surface area contributed by atoms with Gasteiger partial charge in [0.25, 0.3) is 0 Å². The Hall–Kier alpha value is -0.720. The number of phosphoric acid groups is 1. The predicted molar refractivity (Wildman–Crippen MR) is 116 cm³/mol. The van der Waals surface area contributed by atoms with Crippen molar-refractivity contribution in [1.82, 2.24) is 0 Å². The van der Waals surface area contributed by atoms with Crippen molar-refractivity contribution in [3.05, 3.63) is 12.2 Å². The topological polar surface area (TPSA) is 119 Å². The summed E-state index contributed by atoms with van der Waals surface area (Å²) in [6.07, 6.45) is 20.6. The van der Waals surface area contributed by atoms with E-state index in [9.17, 15) is 9.36 Å². The summed E-state index contributed by atoms with van der Waals surface area (Å²) in [7, 11) is -4.54.